The van der Waals surface area contributed by atoms with Crippen molar-refractivity contribution in [1.29, 1.82) is 0 Å². The molecule has 1 rings (SSSR count). The van der Waals surface area contributed by atoms with E-state index in [-0.39, 0.29) is 6.04 Å². The second-order valence-corrected chi connectivity index (χ2v) is 5.88. The van der Waals surface area contributed by atoms with Crippen molar-refractivity contribution < 1.29 is 4.74 Å². The maximum atomic E-state index is 5.99. The van der Waals surface area contributed by atoms with Crippen LogP contribution in [0.1, 0.15) is 11.3 Å². The Kier molecular flexibility index (Phi) is 6.53. The molecule has 16 heavy (non-hydrogen) atoms. The summed E-state index contributed by atoms with van der Waals surface area (Å²) >= 11 is 5.23. The number of rotatable bonds is 7. The molecule has 0 radical (unpaired) electrons. The SMILES string of the molecule is COCCC(N)CN(C)Cc1cc(Br)cs1. The molecule has 0 saturated heterocycles. The molecule has 0 aliphatic heterocycles. The zero-order valence-corrected chi connectivity index (χ0v) is 12.2. The van der Waals surface area contributed by atoms with Crippen LogP contribution in [-0.4, -0.2) is 38.3 Å². The number of hydrogen-bond acceptors (Lipinski definition) is 4. The number of nitrogens with zero attached hydrogens (tertiary/aromatic N) is 1. The van der Waals surface area contributed by atoms with Crippen molar-refractivity contribution in [3.63, 3.8) is 0 Å². The minimum Gasteiger partial charge on any atom is -0.385 e. The fourth-order valence-corrected chi connectivity index (χ4v) is 3.06. The summed E-state index contributed by atoms with van der Waals surface area (Å²) in [5, 5.41) is 2.11. The van der Waals surface area contributed by atoms with E-state index in [9.17, 15) is 0 Å². The van der Waals surface area contributed by atoms with Crippen LogP contribution in [0.5, 0.6) is 0 Å². The smallest absolute Gasteiger partial charge is 0.0477 e. The summed E-state index contributed by atoms with van der Waals surface area (Å²) in [6.45, 7) is 2.59. The van der Waals surface area contributed by atoms with Gasteiger partial charge in [0.25, 0.3) is 0 Å². The molecule has 0 amide bonds. The second kappa shape index (κ2) is 7.40. The molecule has 3 nitrogen and oxygen atoms in total. The van der Waals surface area contributed by atoms with E-state index in [0.29, 0.717) is 0 Å². The lowest BCUT2D eigenvalue weighted by Gasteiger charge is -2.20. The summed E-state index contributed by atoms with van der Waals surface area (Å²) in [6, 6.07) is 2.34. The van der Waals surface area contributed by atoms with E-state index in [1.165, 1.54) is 4.88 Å². The van der Waals surface area contributed by atoms with Gasteiger partial charge in [-0.05, 0) is 35.5 Å². The Balaban J connectivity index is 2.27. The van der Waals surface area contributed by atoms with Crippen molar-refractivity contribution in [2.75, 3.05) is 27.3 Å². The molecule has 0 bridgehead atoms. The van der Waals surface area contributed by atoms with Gasteiger partial charge in [-0.25, -0.2) is 0 Å². The normalized spacial score (nSPS) is 13.3. The topological polar surface area (TPSA) is 38.5 Å². The van der Waals surface area contributed by atoms with Crippen LogP contribution in [0.25, 0.3) is 0 Å². The average molecular weight is 307 g/mol. The molecule has 1 aromatic heterocycles. The van der Waals surface area contributed by atoms with Crippen molar-refractivity contribution in [3.8, 4) is 0 Å². The number of halogens is 1. The Bertz CT molecular complexity index is 306. The first kappa shape index (κ1) is 14.1. The molecule has 0 fully saturated rings. The number of hydrogen-bond donors (Lipinski definition) is 1. The molecular formula is C11H19BrN2OS. The Morgan fingerprint density at radius 2 is 2.38 bits per heavy atom. The zero-order chi connectivity index (χ0) is 12.0. The van der Waals surface area contributed by atoms with Gasteiger partial charge in [-0.2, -0.15) is 0 Å². The summed E-state index contributed by atoms with van der Waals surface area (Å²) in [4.78, 5) is 3.60. The van der Waals surface area contributed by atoms with E-state index in [0.717, 1.165) is 30.6 Å². The van der Waals surface area contributed by atoms with Crippen LogP contribution in [0.15, 0.2) is 15.9 Å². The summed E-state index contributed by atoms with van der Waals surface area (Å²) in [5.41, 5.74) is 5.99. The Morgan fingerprint density at radius 3 is 2.94 bits per heavy atom. The van der Waals surface area contributed by atoms with Crippen molar-refractivity contribution in [1.82, 2.24) is 4.90 Å². The predicted octanol–water partition coefficient (Wildman–Crippen LogP) is 2.31. The van der Waals surface area contributed by atoms with E-state index >= 15 is 0 Å². The molecule has 5 heteroatoms. The first-order chi connectivity index (χ1) is 7.61. The van der Waals surface area contributed by atoms with E-state index in [1.54, 1.807) is 18.4 Å². The van der Waals surface area contributed by atoms with Gasteiger partial charge in [0.05, 0.1) is 0 Å². The molecule has 1 heterocycles. The summed E-state index contributed by atoms with van der Waals surface area (Å²) in [6.07, 6.45) is 0.912. The van der Waals surface area contributed by atoms with Crippen molar-refractivity contribution in [2.24, 2.45) is 5.73 Å². The minimum absolute atomic E-state index is 0.188. The molecule has 0 aromatic carbocycles. The maximum absolute atomic E-state index is 5.99. The molecule has 1 aromatic rings. The van der Waals surface area contributed by atoms with Gasteiger partial charge in [0.2, 0.25) is 0 Å². The lowest BCUT2D eigenvalue weighted by molar-refractivity contribution is 0.179. The van der Waals surface area contributed by atoms with Gasteiger partial charge in [0.1, 0.15) is 0 Å². The van der Waals surface area contributed by atoms with Gasteiger partial charge < -0.3 is 10.5 Å². The van der Waals surface area contributed by atoms with Gasteiger partial charge in [-0.15, -0.1) is 11.3 Å². The van der Waals surface area contributed by atoms with Crippen LogP contribution in [-0.2, 0) is 11.3 Å². The number of ether oxygens (including phenoxy) is 1. The number of nitrogens with two attached hydrogens (primary N) is 1. The molecule has 1 atom stereocenters. The van der Waals surface area contributed by atoms with Gasteiger partial charge in [0.15, 0.2) is 0 Å². The Morgan fingerprint density at radius 1 is 1.62 bits per heavy atom. The minimum atomic E-state index is 0.188. The van der Waals surface area contributed by atoms with Gasteiger partial charge in [0, 0.05) is 47.6 Å². The van der Waals surface area contributed by atoms with E-state index < -0.39 is 0 Å². The van der Waals surface area contributed by atoms with Crippen LogP contribution in [0.4, 0.5) is 0 Å². The third kappa shape index (κ3) is 5.41. The summed E-state index contributed by atoms with van der Waals surface area (Å²) in [7, 11) is 3.81. The van der Waals surface area contributed by atoms with Crippen LogP contribution in [0.2, 0.25) is 0 Å². The fraction of sp³-hybridized carbons (Fsp3) is 0.636. The molecule has 2 N–H and O–H groups in total. The van der Waals surface area contributed by atoms with Crippen molar-refractivity contribution in [2.45, 2.75) is 19.0 Å². The van der Waals surface area contributed by atoms with Crippen LogP contribution < -0.4 is 5.73 Å². The lowest BCUT2D eigenvalue weighted by atomic mass is 10.2. The Labute approximate surface area is 110 Å². The molecule has 0 aliphatic carbocycles. The fourth-order valence-electron chi connectivity index (χ4n) is 1.53. The standard InChI is InChI=1S/C11H19BrN2OS/c1-14(6-10(13)3-4-15-2)7-11-5-9(12)8-16-11/h5,8,10H,3-4,6-7,13H2,1-2H3. The highest BCUT2D eigenvalue weighted by Gasteiger charge is 2.08. The number of likely N-dealkylation sites (N-methyl/N-ethyl adjacent to an activating group) is 1. The molecule has 0 saturated carbocycles. The van der Waals surface area contributed by atoms with E-state index in [1.807, 2.05) is 0 Å². The number of methoxy groups -OCH3 is 1. The molecule has 0 aliphatic rings. The van der Waals surface area contributed by atoms with Crippen LogP contribution >= 0.6 is 27.3 Å². The molecular weight excluding hydrogens is 288 g/mol. The zero-order valence-electron chi connectivity index (χ0n) is 9.78. The third-order valence-electron chi connectivity index (χ3n) is 2.29. The first-order valence-electron chi connectivity index (χ1n) is 5.27. The average Bonchev–Trinajstić information content (AvgIpc) is 2.60. The third-order valence-corrected chi connectivity index (χ3v) is 3.97. The van der Waals surface area contributed by atoms with Gasteiger partial charge in [-0.3, -0.25) is 4.90 Å². The summed E-state index contributed by atoms with van der Waals surface area (Å²) < 4.78 is 6.17. The lowest BCUT2D eigenvalue weighted by Crippen LogP contribution is -2.35. The first-order valence-corrected chi connectivity index (χ1v) is 6.95. The van der Waals surface area contributed by atoms with E-state index in [4.69, 9.17) is 10.5 Å². The molecule has 92 valence electrons. The highest BCUT2D eigenvalue weighted by atomic mass is 79.9. The van der Waals surface area contributed by atoms with Crippen molar-refractivity contribution in [3.05, 3.63) is 20.8 Å². The predicted molar refractivity (Wildman–Crippen MR) is 72.8 cm³/mol. The van der Waals surface area contributed by atoms with Crippen LogP contribution in [0, 0.1) is 0 Å². The molecule has 0 spiro atoms. The van der Waals surface area contributed by atoms with Crippen LogP contribution in [0.3, 0.4) is 0 Å². The quantitative estimate of drug-likeness (QED) is 0.840. The van der Waals surface area contributed by atoms with Crippen molar-refractivity contribution >= 4 is 27.3 Å². The van der Waals surface area contributed by atoms with E-state index in [2.05, 4.69) is 39.3 Å². The van der Waals surface area contributed by atoms with Gasteiger partial charge >= 0.3 is 0 Å². The largest absolute Gasteiger partial charge is 0.385 e. The second-order valence-electron chi connectivity index (χ2n) is 3.97. The highest BCUT2D eigenvalue weighted by molar-refractivity contribution is 9.10. The summed E-state index contributed by atoms with van der Waals surface area (Å²) in [5.74, 6) is 0. The number of thiophene rings is 1. The maximum Gasteiger partial charge on any atom is 0.0477 e. The monoisotopic (exact) mass is 306 g/mol. The highest BCUT2D eigenvalue weighted by Crippen LogP contribution is 2.20. The van der Waals surface area contributed by atoms with Gasteiger partial charge in [-0.1, -0.05) is 0 Å². The Hall–Kier alpha value is 0.0600. The molecule has 1 unspecified atom stereocenters.